The average Bonchev–Trinajstić information content (AvgIpc) is 2.40. The van der Waals surface area contributed by atoms with Gasteiger partial charge in [-0.25, -0.2) is 0 Å². The number of hydrogen-bond acceptors (Lipinski definition) is 3. The van der Waals surface area contributed by atoms with E-state index in [1.165, 1.54) is 5.56 Å². The van der Waals surface area contributed by atoms with E-state index in [0.717, 1.165) is 23.5 Å². The van der Waals surface area contributed by atoms with Gasteiger partial charge in [-0.1, -0.05) is 26.0 Å². The van der Waals surface area contributed by atoms with Crippen molar-refractivity contribution in [2.75, 3.05) is 6.54 Å². The van der Waals surface area contributed by atoms with Crippen molar-refractivity contribution in [3.63, 3.8) is 0 Å². The average molecular weight is 256 g/mol. The van der Waals surface area contributed by atoms with Crippen LogP contribution in [0.2, 0.25) is 0 Å². The van der Waals surface area contributed by atoms with Gasteiger partial charge in [0.05, 0.1) is 6.20 Å². The zero-order valence-corrected chi connectivity index (χ0v) is 11.5. The van der Waals surface area contributed by atoms with Crippen LogP contribution < -0.4 is 10.5 Å². The first-order chi connectivity index (χ1) is 9.19. The van der Waals surface area contributed by atoms with Gasteiger partial charge in [-0.05, 0) is 48.2 Å². The summed E-state index contributed by atoms with van der Waals surface area (Å²) in [4.78, 5) is 4.16. The van der Waals surface area contributed by atoms with Gasteiger partial charge in [0.2, 0.25) is 0 Å². The molecule has 0 aliphatic heterocycles. The predicted molar refractivity (Wildman–Crippen MR) is 77.6 cm³/mol. The van der Waals surface area contributed by atoms with E-state index in [1.54, 1.807) is 6.20 Å². The fraction of sp³-hybridized carbons (Fsp3) is 0.312. The molecule has 0 spiro atoms. The van der Waals surface area contributed by atoms with Gasteiger partial charge in [0.25, 0.3) is 0 Å². The van der Waals surface area contributed by atoms with Crippen LogP contribution in [0.3, 0.4) is 0 Å². The molecule has 2 rings (SSSR count). The minimum absolute atomic E-state index is 0.531. The first-order valence-corrected chi connectivity index (χ1v) is 6.61. The smallest absolute Gasteiger partial charge is 0.145 e. The van der Waals surface area contributed by atoms with E-state index >= 15 is 0 Å². The highest BCUT2D eigenvalue weighted by Crippen LogP contribution is 2.24. The first-order valence-electron chi connectivity index (χ1n) is 6.61. The lowest BCUT2D eigenvalue weighted by atomic mass is 10.0. The second kappa shape index (κ2) is 6.34. The van der Waals surface area contributed by atoms with Crippen LogP contribution in [0.25, 0.3) is 0 Å². The molecule has 1 aromatic heterocycles. The molecule has 0 aliphatic carbocycles. The molecule has 0 amide bonds. The summed E-state index contributed by atoms with van der Waals surface area (Å²) >= 11 is 0. The van der Waals surface area contributed by atoms with Gasteiger partial charge in [-0.3, -0.25) is 4.98 Å². The Bertz CT molecular complexity index is 521. The van der Waals surface area contributed by atoms with Crippen LogP contribution in [0.5, 0.6) is 11.5 Å². The van der Waals surface area contributed by atoms with Gasteiger partial charge in [0, 0.05) is 6.20 Å². The van der Waals surface area contributed by atoms with Crippen molar-refractivity contribution < 1.29 is 4.74 Å². The summed E-state index contributed by atoms with van der Waals surface area (Å²) in [6, 6.07) is 10.2. The number of benzene rings is 1. The van der Waals surface area contributed by atoms with Gasteiger partial charge >= 0.3 is 0 Å². The van der Waals surface area contributed by atoms with Crippen LogP contribution in [0, 0.1) is 0 Å². The van der Waals surface area contributed by atoms with E-state index in [4.69, 9.17) is 10.5 Å². The molecule has 0 radical (unpaired) electrons. The highest BCUT2D eigenvalue weighted by atomic mass is 16.5. The minimum atomic E-state index is 0.531. The molecule has 0 fully saturated rings. The lowest BCUT2D eigenvalue weighted by Gasteiger charge is -2.09. The third kappa shape index (κ3) is 3.80. The number of pyridine rings is 1. The highest BCUT2D eigenvalue weighted by Gasteiger charge is 2.02. The Kier molecular flexibility index (Phi) is 4.53. The maximum Gasteiger partial charge on any atom is 0.145 e. The fourth-order valence-electron chi connectivity index (χ4n) is 1.88. The van der Waals surface area contributed by atoms with E-state index in [2.05, 4.69) is 31.0 Å². The highest BCUT2D eigenvalue weighted by molar-refractivity contribution is 5.34. The Morgan fingerprint density at radius 3 is 2.47 bits per heavy atom. The molecule has 0 aliphatic rings. The summed E-state index contributed by atoms with van der Waals surface area (Å²) in [5.74, 6) is 2.11. The molecular formula is C16H20N2O. The largest absolute Gasteiger partial charge is 0.456 e. The molecule has 3 heteroatoms. The molecule has 0 saturated carbocycles. The lowest BCUT2D eigenvalue weighted by Crippen LogP contribution is -2.03. The van der Waals surface area contributed by atoms with Crippen LogP contribution in [-0.4, -0.2) is 11.5 Å². The molecule has 0 unspecified atom stereocenters. The third-order valence-corrected chi connectivity index (χ3v) is 2.99. The van der Waals surface area contributed by atoms with Crippen molar-refractivity contribution >= 4 is 0 Å². The predicted octanol–water partition coefficient (Wildman–Crippen LogP) is 3.50. The normalized spacial score (nSPS) is 10.7. The Balaban J connectivity index is 2.10. The maximum absolute atomic E-state index is 5.80. The molecule has 100 valence electrons. The summed E-state index contributed by atoms with van der Waals surface area (Å²) in [5.41, 5.74) is 7.94. The van der Waals surface area contributed by atoms with Crippen LogP contribution in [0.1, 0.15) is 30.9 Å². The van der Waals surface area contributed by atoms with Gasteiger partial charge in [-0.15, -0.1) is 0 Å². The summed E-state index contributed by atoms with van der Waals surface area (Å²) in [5, 5.41) is 0. The van der Waals surface area contributed by atoms with Gasteiger partial charge < -0.3 is 10.5 Å². The number of nitrogens with zero attached hydrogens (tertiary/aromatic N) is 1. The van der Waals surface area contributed by atoms with Crippen molar-refractivity contribution in [1.82, 2.24) is 4.98 Å². The molecule has 0 bridgehead atoms. The van der Waals surface area contributed by atoms with Crippen LogP contribution in [0.4, 0.5) is 0 Å². The van der Waals surface area contributed by atoms with Crippen molar-refractivity contribution in [1.29, 1.82) is 0 Å². The quantitative estimate of drug-likeness (QED) is 0.890. The van der Waals surface area contributed by atoms with Crippen LogP contribution in [-0.2, 0) is 6.42 Å². The third-order valence-electron chi connectivity index (χ3n) is 2.99. The lowest BCUT2D eigenvalue weighted by molar-refractivity contribution is 0.479. The molecule has 19 heavy (non-hydrogen) atoms. The Labute approximate surface area is 114 Å². The first kappa shape index (κ1) is 13.6. The SMILES string of the molecule is CC(C)c1ccc(Oc2cncc(CCN)c2)cc1. The van der Waals surface area contributed by atoms with Gasteiger partial charge in [0.1, 0.15) is 11.5 Å². The second-order valence-electron chi connectivity index (χ2n) is 4.89. The summed E-state index contributed by atoms with van der Waals surface area (Å²) in [7, 11) is 0. The van der Waals surface area contributed by atoms with Gasteiger partial charge in [0.15, 0.2) is 0 Å². The number of rotatable bonds is 5. The summed E-state index contributed by atoms with van der Waals surface area (Å²) in [6.45, 7) is 4.97. The van der Waals surface area contributed by atoms with Crippen molar-refractivity contribution in [2.24, 2.45) is 5.73 Å². The van der Waals surface area contributed by atoms with Crippen LogP contribution >= 0.6 is 0 Å². The maximum atomic E-state index is 5.80. The number of aromatic nitrogens is 1. The van der Waals surface area contributed by atoms with E-state index in [-0.39, 0.29) is 0 Å². The molecular weight excluding hydrogens is 236 g/mol. The van der Waals surface area contributed by atoms with Crippen molar-refractivity contribution in [2.45, 2.75) is 26.2 Å². The zero-order valence-electron chi connectivity index (χ0n) is 11.5. The Morgan fingerprint density at radius 2 is 1.84 bits per heavy atom. The molecule has 1 heterocycles. The standard InChI is InChI=1S/C16H20N2O/c1-12(2)14-3-5-15(6-4-14)19-16-9-13(7-8-17)10-18-11-16/h3-6,9-12H,7-8,17H2,1-2H3. The molecule has 2 aromatic rings. The van der Waals surface area contributed by atoms with Crippen LogP contribution in [0.15, 0.2) is 42.7 Å². The molecule has 0 atom stereocenters. The summed E-state index contributed by atoms with van der Waals surface area (Å²) < 4.78 is 5.80. The monoisotopic (exact) mass is 256 g/mol. The van der Waals surface area contributed by atoms with E-state index < -0.39 is 0 Å². The topological polar surface area (TPSA) is 48.1 Å². The zero-order chi connectivity index (χ0) is 13.7. The van der Waals surface area contributed by atoms with Gasteiger partial charge in [-0.2, -0.15) is 0 Å². The van der Waals surface area contributed by atoms with Crippen molar-refractivity contribution in [3.8, 4) is 11.5 Å². The van der Waals surface area contributed by atoms with E-state index in [1.807, 2.05) is 24.4 Å². The minimum Gasteiger partial charge on any atom is -0.456 e. The number of nitrogens with two attached hydrogens (primary N) is 1. The molecule has 2 N–H and O–H groups in total. The fourth-order valence-corrected chi connectivity index (χ4v) is 1.88. The second-order valence-corrected chi connectivity index (χ2v) is 4.89. The molecule has 1 aromatic carbocycles. The number of ether oxygens (including phenoxy) is 1. The summed E-state index contributed by atoms with van der Waals surface area (Å²) in [6.07, 6.45) is 4.36. The Morgan fingerprint density at radius 1 is 1.11 bits per heavy atom. The van der Waals surface area contributed by atoms with E-state index in [0.29, 0.717) is 12.5 Å². The molecule has 0 saturated heterocycles. The van der Waals surface area contributed by atoms with E-state index in [9.17, 15) is 0 Å². The number of hydrogen-bond donors (Lipinski definition) is 1. The Hall–Kier alpha value is -1.87. The molecule has 3 nitrogen and oxygen atoms in total. The van der Waals surface area contributed by atoms with Crippen molar-refractivity contribution in [3.05, 3.63) is 53.9 Å².